The molecule has 0 bridgehead atoms. The summed E-state index contributed by atoms with van der Waals surface area (Å²) in [5, 5.41) is 3.08. The van der Waals surface area contributed by atoms with E-state index in [2.05, 4.69) is 20.3 Å². The molecule has 5 heterocycles. The van der Waals surface area contributed by atoms with Gasteiger partial charge in [0.05, 0.1) is 19.6 Å². The van der Waals surface area contributed by atoms with E-state index in [-0.39, 0.29) is 36.2 Å². The highest BCUT2D eigenvalue weighted by molar-refractivity contribution is 5.95. The minimum absolute atomic E-state index is 0.0381. The molecule has 0 unspecified atom stereocenters. The SMILES string of the molecule is Cn1c(C(=O)N2CC(C)(F)C2)cc2c1CN(c1nccc(Nc3ccc(Oc4ncccc4C(N)=O)c(F)c3)n1)CC2. The molecule has 216 valence electrons. The number of fused-ring (bicyclic) bond motifs is 1. The van der Waals surface area contributed by atoms with Gasteiger partial charge >= 0.3 is 0 Å². The van der Waals surface area contributed by atoms with Crippen LogP contribution in [-0.4, -0.2) is 61.5 Å². The second kappa shape index (κ2) is 10.4. The van der Waals surface area contributed by atoms with Crippen LogP contribution < -0.4 is 20.7 Å². The molecule has 0 aliphatic carbocycles. The zero-order valence-corrected chi connectivity index (χ0v) is 23.0. The van der Waals surface area contributed by atoms with Crippen LogP contribution >= 0.6 is 0 Å². The molecule has 3 aromatic heterocycles. The predicted octanol–water partition coefficient (Wildman–Crippen LogP) is 3.73. The van der Waals surface area contributed by atoms with Gasteiger partial charge in [-0.25, -0.2) is 18.7 Å². The number of halogens is 2. The van der Waals surface area contributed by atoms with E-state index in [4.69, 9.17) is 10.5 Å². The third kappa shape index (κ3) is 5.20. The molecular weight excluding hydrogens is 546 g/mol. The quantitative estimate of drug-likeness (QED) is 0.341. The van der Waals surface area contributed by atoms with E-state index in [0.29, 0.717) is 42.7 Å². The lowest BCUT2D eigenvalue weighted by Gasteiger charge is -2.42. The molecule has 0 spiro atoms. The van der Waals surface area contributed by atoms with Crippen LogP contribution in [0.3, 0.4) is 0 Å². The van der Waals surface area contributed by atoms with Gasteiger partial charge in [0, 0.05) is 43.4 Å². The summed E-state index contributed by atoms with van der Waals surface area (Å²) in [6.07, 6.45) is 3.72. The highest BCUT2D eigenvalue weighted by Crippen LogP contribution is 2.31. The second-order valence-corrected chi connectivity index (χ2v) is 10.6. The summed E-state index contributed by atoms with van der Waals surface area (Å²) in [7, 11) is 1.84. The lowest BCUT2D eigenvalue weighted by atomic mass is 9.98. The Morgan fingerprint density at radius 2 is 1.93 bits per heavy atom. The number of carbonyl (C=O) groups is 2. The number of nitrogens with two attached hydrogens (primary N) is 1. The Hall–Kier alpha value is -5.07. The van der Waals surface area contributed by atoms with Crippen molar-refractivity contribution >= 4 is 29.3 Å². The van der Waals surface area contributed by atoms with Gasteiger partial charge in [0.2, 0.25) is 11.8 Å². The van der Waals surface area contributed by atoms with Crippen molar-refractivity contribution in [2.45, 2.75) is 25.6 Å². The molecule has 0 atom stereocenters. The number of rotatable bonds is 7. The number of nitrogens with one attached hydrogen (secondary N) is 1. The van der Waals surface area contributed by atoms with E-state index >= 15 is 0 Å². The van der Waals surface area contributed by atoms with E-state index in [1.165, 1.54) is 42.3 Å². The van der Waals surface area contributed by atoms with Gasteiger partial charge in [-0.3, -0.25) is 9.59 Å². The fourth-order valence-electron chi connectivity index (χ4n) is 5.22. The van der Waals surface area contributed by atoms with Crippen LogP contribution in [0.1, 0.15) is 39.0 Å². The van der Waals surface area contributed by atoms with Crippen LogP contribution in [0.25, 0.3) is 0 Å². The van der Waals surface area contributed by atoms with Crippen LogP contribution in [0, 0.1) is 5.82 Å². The number of hydrogen-bond donors (Lipinski definition) is 2. The first-order chi connectivity index (χ1) is 20.1. The van der Waals surface area contributed by atoms with Crippen LogP contribution in [0.4, 0.5) is 26.2 Å². The number of anilines is 3. The zero-order valence-electron chi connectivity index (χ0n) is 23.0. The summed E-state index contributed by atoms with van der Waals surface area (Å²) in [4.78, 5) is 41.1. The van der Waals surface area contributed by atoms with Gasteiger partial charge in [-0.2, -0.15) is 4.98 Å². The molecule has 3 N–H and O–H groups in total. The molecule has 1 fully saturated rings. The summed E-state index contributed by atoms with van der Waals surface area (Å²) >= 11 is 0. The maximum Gasteiger partial charge on any atom is 0.270 e. The van der Waals surface area contributed by atoms with Gasteiger partial charge in [-0.15, -0.1) is 0 Å². The third-order valence-electron chi connectivity index (χ3n) is 7.36. The van der Waals surface area contributed by atoms with Crippen LogP contribution in [-0.2, 0) is 20.0 Å². The minimum Gasteiger partial charge on any atom is -0.435 e. The van der Waals surface area contributed by atoms with Crippen molar-refractivity contribution < 1.29 is 23.1 Å². The first kappa shape index (κ1) is 27.1. The largest absolute Gasteiger partial charge is 0.435 e. The molecule has 42 heavy (non-hydrogen) atoms. The monoisotopic (exact) mass is 574 g/mol. The van der Waals surface area contributed by atoms with E-state index in [0.717, 1.165) is 11.3 Å². The zero-order chi connectivity index (χ0) is 29.6. The summed E-state index contributed by atoms with van der Waals surface area (Å²) in [6.45, 7) is 2.83. The average molecular weight is 575 g/mol. The molecule has 4 aromatic rings. The minimum atomic E-state index is -1.33. The highest BCUT2D eigenvalue weighted by atomic mass is 19.1. The van der Waals surface area contributed by atoms with Gasteiger partial charge in [0.1, 0.15) is 22.7 Å². The summed E-state index contributed by atoms with van der Waals surface area (Å²) in [6, 6.07) is 10.8. The Morgan fingerprint density at radius 1 is 1.12 bits per heavy atom. The number of hydrogen-bond acceptors (Lipinski definition) is 8. The lowest BCUT2D eigenvalue weighted by molar-refractivity contribution is -0.00847. The number of nitrogens with zero attached hydrogens (tertiary/aromatic N) is 6. The fraction of sp³-hybridized carbons (Fsp3) is 0.276. The lowest BCUT2D eigenvalue weighted by Crippen LogP contribution is -2.59. The number of aromatic nitrogens is 4. The number of ether oxygens (including phenoxy) is 1. The molecule has 1 aromatic carbocycles. The number of pyridine rings is 1. The average Bonchev–Trinajstić information content (AvgIpc) is 3.28. The molecule has 2 amide bonds. The molecule has 2 aliphatic rings. The van der Waals surface area contributed by atoms with Crippen LogP contribution in [0.5, 0.6) is 11.6 Å². The Bertz CT molecular complexity index is 1700. The summed E-state index contributed by atoms with van der Waals surface area (Å²) < 4.78 is 36.2. The fourth-order valence-corrected chi connectivity index (χ4v) is 5.22. The van der Waals surface area contributed by atoms with E-state index in [1.54, 1.807) is 18.3 Å². The molecular formula is C29H28F2N8O3. The van der Waals surface area contributed by atoms with Crippen molar-refractivity contribution in [2.75, 3.05) is 29.9 Å². The number of primary amides is 1. The number of benzene rings is 1. The first-order valence-corrected chi connectivity index (χ1v) is 13.3. The molecule has 2 aliphatic heterocycles. The van der Waals surface area contributed by atoms with Gasteiger partial charge in [0.25, 0.3) is 11.8 Å². The molecule has 13 heteroatoms. The van der Waals surface area contributed by atoms with E-state index in [1.807, 2.05) is 22.6 Å². The highest BCUT2D eigenvalue weighted by Gasteiger charge is 2.42. The van der Waals surface area contributed by atoms with Gasteiger partial charge in [-0.1, -0.05) is 0 Å². The topological polar surface area (TPSA) is 132 Å². The standard InChI is InChI=1S/C29H28F2N8O3/c1-29(31)15-39(16-29)27(41)21-12-17-8-11-38(14-22(17)37(21)2)28-34-10-7-24(36-28)35-18-5-6-23(20(30)13-18)42-26-19(25(32)40)4-3-9-33-26/h3-7,9-10,12-13H,8,11,14-16H2,1-2H3,(H2,32,40)(H,34,35,36). The number of amides is 2. The first-order valence-electron chi connectivity index (χ1n) is 13.3. The Balaban J connectivity index is 1.15. The van der Waals surface area contributed by atoms with E-state index in [9.17, 15) is 18.4 Å². The molecule has 0 radical (unpaired) electrons. The summed E-state index contributed by atoms with van der Waals surface area (Å²) in [5.41, 5.74) is 7.06. The van der Waals surface area contributed by atoms with Gasteiger partial charge in [-0.05, 0) is 55.3 Å². The van der Waals surface area contributed by atoms with Crippen molar-refractivity contribution in [3.8, 4) is 11.6 Å². The van der Waals surface area contributed by atoms with Crippen molar-refractivity contribution in [1.29, 1.82) is 0 Å². The molecule has 1 saturated heterocycles. The van der Waals surface area contributed by atoms with Crippen molar-refractivity contribution in [3.63, 3.8) is 0 Å². The van der Waals surface area contributed by atoms with Crippen LogP contribution in [0.2, 0.25) is 0 Å². The number of likely N-dealkylation sites (tertiary alicyclic amines) is 1. The molecule has 6 rings (SSSR count). The smallest absolute Gasteiger partial charge is 0.270 e. The normalized spacial score (nSPS) is 15.5. The predicted molar refractivity (Wildman–Crippen MR) is 150 cm³/mol. The van der Waals surface area contributed by atoms with Gasteiger partial charge < -0.3 is 30.2 Å². The third-order valence-corrected chi connectivity index (χ3v) is 7.36. The van der Waals surface area contributed by atoms with Gasteiger partial charge in [0.15, 0.2) is 11.6 Å². The molecule has 0 saturated carbocycles. The second-order valence-electron chi connectivity index (χ2n) is 10.6. The van der Waals surface area contributed by atoms with Crippen LogP contribution in [0.15, 0.2) is 54.9 Å². The number of carbonyl (C=O) groups excluding carboxylic acids is 2. The molecule has 11 nitrogen and oxygen atoms in total. The van der Waals surface area contributed by atoms with E-state index < -0.39 is 17.4 Å². The van der Waals surface area contributed by atoms with Crippen molar-refractivity contribution in [3.05, 3.63) is 83.2 Å². The van der Waals surface area contributed by atoms with Crippen molar-refractivity contribution in [1.82, 2.24) is 24.4 Å². The Kier molecular flexibility index (Phi) is 6.71. The number of alkyl halides is 1. The maximum absolute atomic E-state index is 14.9. The Morgan fingerprint density at radius 3 is 2.67 bits per heavy atom. The summed E-state index contributed by atoms with van der Waals surface area (Å²) in [5.74, 6) is -0.870. The Labute approximate surface area is 239 Å². The van der Waals surface area contributed by atoms with Crippen molar-refractivity contribution in [2.24, 2.45) is 12.8 Å². The maximum atomic E-state index is 14.9.